The number of rotatable bonds is 18. The van der Waals surface area contributed by atoms with E-state index >= 15 is 0 Å². The first-order valence-electron chi connectivity index (χ1n) is 19.2. The van der Waals surface area contributed by atoms with Crippen molar-refractivity contribution in [2.45, 2.75) is 88.5 Å². The van der Waals surface area contributed by atoms with Gasteiger partial charge in [0.1, 0.15) is 12.6 Å². The molecule has 1 amide bonds. The number of benzene rings is 3. The fraction of sp³-hybridized carbons (Fsp3) is 0.405. The van der Waals surface area contributed by atoms with Crippen LogP contribution in [0.5, 0.6) is 5.88 Å². The molecule has 0 unspecified atom stereocenters. The minimum absolute atomic E-state index is 0.0290. The van der Waals surface area contributed by atoms with Crippen LogP contribution in [0, 0.1) is 16.7 Å². The molecule has 56 heavy (non-hydrogen) atoms. The number of nitroso groups, excluding NO2 is 1. The number of amides is 1. The Morgan fingerprint density at radius 1 is 1.00 bits per heavy atom. The summed E-state index contributed by atoms with van der Waals surface area (Å²) in [5.41, 5.74) is 2.33. The molecule has 6 rings (SSSR count). The third-order valence-corrected chi connectivity index (χ3v) is 12.9. The van der Waals surface area contributed by atoms with Gasteiger partial charge in [-0.25, -0.2) is 13.2 Å². The van der Waals surface area contributed by atoms with Crippen molar-refractivity contribution < 1.29 is 23.4 Å². The molecule has 0 aliphatic heterocycles. The maximum Gasteiger partial charge on any atom is 0.332 e. The van der Waals surface area contributed by atoms with Crippen molar-refractivity contribution in [2.75, 3.05) is 13.1 Å². The van der Waals surface area contributed by atoms with Crippen molar-refractivity contribution in [3.05, 3.63) is 129 Å². The van der Waals surface area contributed by atoms with Crippen molar-refractivity contribution in [1.29, 1.82) is 0 Å². The van der Waals surface area contributed by atoms with Crippen LogP contribution in [0.4, 0.5) is 0 Å². The summed E-state index contributed by atoms with van der Waals surface area (Å²) in [5.74, 6) is -1.10. The van der Waals surface area contributed by atoms with Gasteiger partial charge < -0.3 is 15.5 Å². The summed E-state index contributed by atoms with van der Waals surface area (Å²) in [6.07, 6.45) is 6.00. The predicted octanol–water partition coefficient (Wildman–Crippen LogP) is 5.78. The van der Waals surface area contributed by atoms with Gasteiger partial charge in [0.05, 0.1) is 35.3 Å². The number of para-hydroxylation sites is 1. The Kier molecular flexibility index (Phi) is 13.1. The molecule has 0 saturated heterocycles. The number of aliphatic hydroxyl groups is 1. The third-order valence-electron chi connectivity index (χ3n) is 11.0. The number of fused-ring (bicyclic) bond motifs is 1. The summed E-state index contributed by atoms with van der Waals surface area (Å²) in [4.78, 5) is 43.8. The molecule has 0 radical (unpaired) electrons. The van der Waals surface area contributed by atoms with Crippen LogP contribution in [0.2, 0.25) is 0 Å². The normalized spacial score (nSPS) is 15.8. The zero-order valence-electron chi connectivity index (χ0n) is 31.8. The van der Waals surface area contributed by atoms with Crippen molar-refractivity contribution in [3.8, 4) is 5.88 Å². The molecular weight excluding hydrogens is 733 g/mol. The summed E-state index contributed by atoms with van der Waals surface area (Å²) in [7, 11) is -4.10. The van der Waals surface area contributed by atoms with Crippen molar-refractivity contribution in [3.63, 3.8) is 0 Å². The van der Waals surface area contributed by atoms with Crippen LogP contribution in [-0.2, 0) is 34.3 Å². The Balaban J connectivity index is 1.30. The average molecular weight is 783 g/mol. The van der Waals surface area contributed by atoms with E-state index in [-0.39, 0.29) is 55.2 Å². The second-order valence-electron chi connectivity index (χ2n) is 14.9. The molecule has 0 bridgehead atoms. The highest BCUT2D eigenvalue weighted by atomic mass is 32.2. The highest BCUT2D eigenvalue weighted by molar-refractivity contribution is 7.89. The van der Waals surface area contributed by atoms with Gasteiger partial charge in [0.25, 0.3) is 0 Å². The first-order valence-corrected chi connectivity index (χ1v) is 20.7. The molecule has 3 aromatic carbocycles. The van der Waals surface area contributed by atoms with Crippen molar-refractivity contribution >= 4 is 26.8 Å². The Bertz CT molecular complexity index is 2270. The van der Waals surface area contributed by atoms with Gasteiger partial charge in [-0.05, 0) is 72.1 Å². The Morgan fingerprint density at radius 2 is 1.70 bits per heavy atom. The SMILES string of the molecule is CC[C@H](C)[C@@H](C(=O)N[C@@H](Cc1ccccc1)[C@H](O)CN(CC1CCCC1)S(=O)(=O)c1ccc(CN=O)cc1)n1cc(O)n(Cc2ccnc3ccccc23)c1=O. The second-order valence-corrected chi connectivity index (χ2v) is 16.8. The molecule has 14 heteroatoms. The minimum Gasteiger partial charge on any atom is -0.493 e. The lowest BCUT2D eigenvalue weighted by Crippen LogP contribution is -2.53. The number of nitrogens with zero attached hydrogens (tertiary/aromatic N) is 5. The number of pyridine rings is 1. The van der Waals surface area contributed by atoms with E-state index in [0.717, 1.165) is 47.7 Å². The summed E-state index contributed by atoms with van der Waals surface area (Å²) in [6.45, 7) is 3.62. The number of hydrogen-bond acceptors (Lipinski definition) is 9. The average Bonchev–Trinajstić information content (AvgIpc) is 3.82. The standard InChI is InChI=1S/C42H50N6O7S/c1-3-29(2)40(48-28-39(50)47(42(48)52)26-33-21-22-43-36-16-10-9-15-35(33)36)41(51)45-37(23-30-11-5-4-6-12-30)38(49)27-46(25-32-13-7-8-14-32)56(54,55)34-19-17-31(18-20-34)24-44-53/h4-6,9-12,15-22,28-29,32,37-38,40,49-50H,3,7-8,13-14,23-27H2,1-2H3,(H,45,51)/t29-,37-,38+,40-/m0/s1. The van der Waals surface area contributed by atoms with Gasteiger partial charge in [0.2, 0.25) is 21.8 Å². The van der Waals surface area contributed by atoms with Crippen molar-refractivity contribution in [2.24, 2.45) is 17.0 Å². The van der Waals surface area contributed by atoms with Gasteiger partial charge in [-0.3, -0.25) is 18.9 Å². The van der Waals surface area contributed by atoms with E-state index in [2.05, 4.69) is 15.5 Å². The van der Waals surface area contributed by atoms with E-state index in [4.69, 9.17) is 0 Å². The number of sulfonamides is 1. The topological polar surface area (TPSA) is 176 Å². The van der Waals surface area contributed by atoms with Gasteiger partial charge in [-0.2, -0.15) is 9.21 Å². The molecule has 5 aromatic rings. The molecule has 0 spiro atoms. The zero-order chi connectivity index (χ0) is 39.8. The first-order chi connectivity index (χ1) is 27.0. The Labute approximate surface area is 327 Å². The summed E-state index contributed by atoms with van der Waals surface area (Å²) >= 11 is 0. The number of carbonyl (C=O) groups excluding carboxylic acids is 1. The highest BCUT2D eigenvalue weighted by Crippen LogP contribution is 2.29. The quantitative estimate of drug-likeness (QED) is 0.0939. The number of hydrogen-bond donors (Lipinski definition) is 3. The minimum atomic E-state index is -4.10. The molecule has 13 nitrogen and oxygen atoms in total. The number of carbonyl (C=O) groups is 1. The number of aromatic hydroxyl groups is 1. The van der Waals surface area contributed by atoms with Gasteiger partial charge >= 0.3 is 5.69 Å². The third kappa shape index (κ3) is 9.26. The first kappa shape index (κ1) is 40.5. The predicted molar refractivity (Wildman–Crippen MR) is 214 cm³/mol. The fourth-order valence-corrected chi connectivity index (χ4v) is 9.21. The van der Waals surface area contributed by atoms with Gasteiger partial charge in [-0.15, -0.1) is 0 Å². The highest BCUT2D eigenvalue weighted by Gasteiger charge is 2.36. The van der Waals surface area contributed by atoms with Gasteiger partial charge in [-0.1, -0.05) is 99.0 Å². The molecule has 2 heterocycles. The number of aromatic nitrogens is 3. The monoisotopic (exact) mass is 782 g/mol. The van der Waals surface area contributed by atoms with Crippen LogP contribution < -0.4 is 11.0 Å². The Morgan fingerprint density at radius 3 is 2.39 bits per heavy atom. The van der Waals surface area contributed by atoms with E-state index in [1.54, 1.807) is 24.4 Å². The van der Waals surface area contributed by atoms with Crippen LogP contribution in [0.15, 0.2) is 112 Å². The van der Waals surface area contributed by atoms with E-state index in [9.17, 15) is 33.1 Å². The van der Waals surface area contributed by atoms with Crippen LogP contribution in [0.25, 0.3) is 10.9 Å². The fourth-order valence-electron chi connectivity index (χ4n) is 7.68. The molecule has 296 valence electrons. The van der Waals surface area contributed by atoms with Crippen molar-refractivity contribution in [1.82, 2.24) is 23.7 Å². The summed E-state index contributed by atoms with van der Waals surface area (Å²) in [6, 6.07) is 22.6. The van der Waals surface area contributed by atoms with E-state index in [1.165, 1.54) is 31.8 Å². The van der Waals surface area contributed by atoms with Gasteiger partial charge in [0, 0.05) is 24.7 Å². The largest absolute Gasteiger partial charge is 0.493 e. The lowest BCUT2D eigenvalue weighted by Gasteiger charge is -2.32. The van der Waals surface area contributed by atoms with E-state index < -0.39 is 39.8 Å². The molecule has 2 aromatic heterocycles. The number of imidazole rings is 1. The lowest BCUT2D eigenvalue weighted by molar-refractivity contribution is -0.127. The van der Waals surface area contributed by atoms with Crippen LogP contribution >= 0.6 is 0 Å². The number of nitrogens with one attached hydrogen (secondary N) is 1. The van der Waals surface area contributed by atoms with Gasteiger partial charge in [0.15, 0.2) is 0 Å². The van der Waals surface area contributed by atoms with E-state index in [1.807, 2.05) is 68.4 Å². The summed E-state index contributed by atoms with van der Waals surface area (Å²) in [5, 5.41) is 29.8. The Hall–Kier alpha value is -5.18. The summed E-state index contributed by atoms with van der Waals surface area (Å²) < 4.78 is 32.2. The second kappa shape index (κ2) is 18.2. The molecular formula is C42H50N6O7S. The maximum atomic E-state index is 14.5. The molecule has 3 N–H and O–H groups in total. The maximum absolute atomic E-state index is 14.5. The van der Waals surface area contributed by atoms with Crippen LogP contribution in [-0.4, -0.2) is 68.2 Å². The smallest absolute Gasteiger partial charge is 0.332 e. The molecule has 1 aliphatic carbocycles. The molecule has 1 fully saturated rings. The van der Waals surface area contributed by atoms with E-state index in [0.29, 0.717) is 12.0 Å². The van der Waals surface area contributed by atoms with Crippen LogP contribution in [0.3, 0.4) is 0 Å². The van der Waals surface area contributed by atoms with Crippen LogP contribution in [0.1, 0.15) is 68.7 Å². The zero-order valence-corrected chi connectivity index (χ0v) is 32.6. The lowest BCUT2D eigenvalue weighted by atomic mass is 9.96. The molecule has 4 atom stereocenters. The molecule has 1 aliphatic rings. The number of aliphatic hydroxyl groups excluding tert-OH is 1. The molecule has 1 saturated carbocycles.